The van der Waals surface area contributed by atoms with Gasteiger partial charge in [0.05, 0.1) is 0 Å². The minimum atomic E-state index is -0.242. The number of hydrogen-bond acceptors (Lipinski definition) is 3. The van der Waals surface area contributed by atoms with E-state index in [4.69, 9.17) is 11.6 Å². The minimum absolute atomic E-state index is 0.0583. The number of nitrogens with zero attached hydrogens (tertiary/aromatic N) is 4. The molecular formula is C22H25ClN4O2. The standard InChI is InChI=1S/C22H25ClN4O2/c1-12-6-16(13-2-3-13)10-27-20(23)19(24-21(12)27)22(29)25-4-5-26(18(28)11-25)17-8-14-7-15(14)9-17/h6,10,13-15,17H,2-5,7-9,11H2,1H3. The highest BCUT2D eigenvalue weighted by Crippen LogP contribution is 2.53. The van der Waals surface area contributed by atoms with Crippen LogP contribution < -0.4 is 0 Å². The van der Waals surface area contributed by atoms with Crippen LogP contribution >= 0.6 is 11.6 Å². The number of aryl methyl sites for hydroxylation is 1. The Morgan fingerprint density at radius 1 is 1.17 bits per heavy atom. The van der Waals surface area contributed by atoms with Gasteiger partial charge in [-0.25, -0.2) is 4.98 Å². The van der Waals surface area contributed by atoms with Gasteiger partial charge in [0.25, 0.3) is 5.91 Å². The molecule has 2 unspecified atom stereocenters. The Morgan fingerprint density at radius 3 is 2.62 bits per heavy atom. The Morgan fingerprint density at radius 2 is 1.93 bits per heavy atom. The third kappa shape index (κ3) is 2.87. The van der Waals surface area contributed by atoms with Crippen molar-refractivity contribution in [1.29, 1.82) is 0 Å². The van der Waals surface area contributed by atoms with Crippen LogP contribution in [0.2, 0.25) is 5.15 Å². The maximum Gasteiger partial charge on any atom is 0.276 e. The highest BCUT2D eigenvalue weighted by Gasteiger charge is 2.49. The lowest BCUT2D eigenvalue weighted by atomic mass is 10.1. The second-order valence-corrected chi connectivity index (χ2v) is 9.73. The first-order valence-corrected chi connectivity index (χ1v) is 11.1. The fraction of sp³-hybridized carbons (Fsp3) is 0.591. The minimum Gasteiger partial charge on any atom is -0.336 e. The van der Waals surface area contributed by atoms with Crippen LogP contribution in [0.15, 0.2) is 12.3 Å². The Bertz CT molecular complexity index is 1030. The highest BCUT2D eigenvalue weighted by atomic mass is 35.5. The Kier molecular flexibility index (Phi) is 3.80. The molecule has 6 rings (SSSR count). The predicted molar refractivity (Wildman–Crippen MR) is 109 cm³/mol. The first-order chi connectivity index (χ1) is 14.0. The summed E-state index contributed by atoms with van der Waals surface area (Å²) in [5.74, 6) is 2.10. The Balaban J connectivity index is 1.23. The van der Waals surface area contributed by atoms with Crippen LogP contribution in [0.3, 0.4) is 0 Å². The van der Waals surface area contributed by atoms with Crippen molar-refractivity contribution in [3.63, 3.8) is 0 Å². The SMILES string of the molecule is Cc1cc(C2CC2)cn2c(Cl)c(C(=O)N3CCN(C4CC5CC5C4)C(=O)C3)nc12. The van der Waals surface area contributed by atoms with E-state index in [2.05, 4.69) is 11.1 Å². The molecule has 0 radical (unpaired) electrons. The molecule has 6 nitrogen and oxygen atoms in total. The van der Waals surface area contributed by atoms with Gasteiger partial charge in [0.15, 0.2) is 5.69 Å². The van der Waals surface area contributed by atoms with Crippen molar-refractivity contribution >= 4 is 29.1 Å². The molecule has 3 heterocycles. The van der Waals surface area contributed by atoms with Gasteiger partial charge in [-0.15, -0.1) is 0 Å². The second kappa shape index (κ2) is 6.21. The van der Waals surface area contributed by atoms with Gasteiger partial charge in [0.2, 0.25) is 5.91 Å². The van der Waals surface area contributed by atoms with E-state index in [1.165, 1.54) is 24.8 Å². The number of imidazole rings is 1. The van der Waals surface area contributed by atoms with Gasteiger partial charge in [0.1, 0.15) is 17.3 Å². The first kappa shape index (κ1) is 17.8. The van der Waals surface area contributed by atoms with Crippen molar-refractivity contribution in [2.24, 2.45) is 11.8 Å². The normalized spacial score (nSPS) is 28.9. The second-order valence-electron chi connectivity index (χ2n) is 9.37. The summed E-state index contributed by atoms with van der Waals surface area (Å²) >= 11 is 6.59. The van der Waals surface area contributed by atoms with E-state index in [9.17, 15) is 9.59 Å². The summed E-state index contributed by atoms with van der Waals surface area (Å²) in [6.07, 6.45) is 8.06. The number of piperazine rings is 1. The maximum atomic E-state index is 13.2. The average Bonchev–Trinajstić information content (AvgIpc) is 3.62. The van der Waals surface area contributed by atoms with Gasteiger partial charge in [-0.05, 0) is 67.9 Å². The van der Waals surface area contributed by atoms with Crippen LogP contribution in [-0.4, -0.2) is 56.7 Å². The summed E-state index contributed by atoms with van der Waals surface area (Å²) < 4.78 is 1.83. The molecule has 152 valence electrons. The van der Waals surface area contributed by atoms with E-state index in [1.54, 1.807) is 4.90 Å². The number of fused-ring (bicyclic) bond motifs is 2. The molecule has 3 saturated carbocycles. The molecule has 2 aromatic heterocycles. The Labute approximate surface area is 174 Å². The summed E-state index contributed by atoms with van der Waals surface area (Å²) in [5.41, 5.74) is 3.26. The predicted octanol–water partition coefficient (Wildman–Crippen LogP) is 3.26. The zero-order valence-electron chi connectivity index (χ0n) is 16.6. The van der Waals surface area contributed by atoms with Gasteiger partial charge < -0.3 is 9.80 Å². The summed E-state index contributed by atoms with van der Waals surface area (Å²) in [7, 11) is 0. The van der Waals surface area contributed by atoms with Crippen LogP contribution in [0.4, 0.5) is 0 Å². The molecule has 7 heteroatoms. The zero-order valence-corrected chi connectivity index (χ0v) is 17.4. The molecule has 1 aliphatic heterocycles. The molecule has 2 aromatic rings. The summed E-state index contributed by atoms with van der Waals surface area (Å²) in [4.78, 5) is 34.1. The lowest BCUT2D eigenvalue weighted by Crippen LogP contribution is -2.55. The fourth-order valence-corrected chi connectivity index (χ4v) is 5.67. The van der Waals surface area contributed by atoms with Crippen LogP contribution in [0, 0.1) is 18.8 Å². The van der Waals surface area contributed by atoms with Crippen molar-refractivity contribution < 1.29 is 9.59 Å². The number of halogens is 1. The van der Waals surface area contributed by atoms with Crippen LogP contribution in [-0.2, 0) is 4.79 Å². The van der Waals surface area contributed by atoms with E-state index >= 15 is 0 Å². The van der Waals surface area contributed by atoms with Crippen molar-refractivity contribution in [3.05, 3.63) is 34.2 Å². The van der Waals surface area contributed by atoms with Crippen LogP contribution in [0.5, 0.6) is 0 Å². The van der Waals surface area contributed by atoms with Gasteiger partial charge >= 0.3 is 0 Å². The van der Waals surface area contributed by atoms with E-state index in [0.717, 1.165) is 35.9 Å². The molecule has 4 fully saturated rings. The monoisotopic (exact) mass is 412 g/mol. The molecule has 1 saturated heterocycles. The molecule has 2 amide bonds. The number of hydrogen-bond donors (Lipinski definition) is 0. The molecule has 0 bridgehead atoms. The van der Waals surface area contributed by atoms with E-state index in [1.807, 2.05) is 22.4 Å². The first-order valence-electron chi connectivity index (χ1n) is 10.8. The van der Waals surface area contributed by atoms with E-state index in [0.29, 0.717) is 30.2 Å². The van der Waals surface area contributed by atoms with Crippen molar-refractivity contribution in [2.45, 2.75) is 51.0 Å². The summed E-state index contributed by atoms with van der Waals surface area (Å²) in [6.45, 7) is 3.30. The molecule has 0 aromatic carbocycles. The van der Waals surface area contributed by atoms with Crippen LogP contribution in [0.25, 0.3) is 5.65 Å². The van der Waals surface area contributed by atoms with Crippen molar-refractivity contribution in [3.8, 4) is 0 Å². The van der Waals surface area contributed by atoms with Gasteiger partial charge in [-0.3, -0.25) is 14.0 Å². The van der Waals surface area contributed by atoms with Gasteiger partial charge in [-0.1, -0.05) is 17.7 Å². The largest absolute Gasteiger partial charge is 0.336 e. The highest BCUT2D eigenvalue weighted by molar-refractivity contribution is 6.33. The lowest BCUT2D eigenvalue weighted by Gasteiger charge is -2.38. The third-order valence-electron chi connectivity index (χ3n) is 7.32. The number of carbonyl (C=O) groups excluding carboxylic acids is 2. The summed E-state index contributed by atoms with van der Waals surface area (Å²) in [6, 6.07) is 2.53. The molecule has 0 spiro atoms. The molecule has 3 aliphatic carbocycles. The number of amides is 2. The third-order valence-corrected chi connectivity index (χ3v) is 7.68. The quantitative estimate of drug-likeness (QED) is 0.777. The Hall–Kier alpha value is -2.08. The number of aromatic nitrogens is 2. The number of carbonyl (C=O) groups is 2. The maximum absolute atomic E-state index is 13.2. The number of rotatable bonds is 3. The molecule has 4 aliphatic rings. The average molecular weight is 413 g/mol. The summed E-state index contributed by atoms with van der Waals surface area (Å²) in [5, 5.41) is 0.348. The molecular weight excluding hydrogens is 388 g/mol. The van der Waals surface area contributed by atoms with E-state index in [-0.39, 0.29) is 24.1 Å². The fourth-order valence-electron chi connectivity index (χ4n) is 5.42. The van der Waals surface area contributed by atoms with Crippen molar-refractivity contribution in [2.75, 3.05) is 19.6 Å². The van der Waals surface area contributed by atoms with Gasteiger partial charge in [0, 0.05) is 25.3 Å². The smallest absolute Gasteiger partial charge is 0.276 e. The zero-order chi connectivity index (χ0) is 19.9. The van der Waals surface area contributed by atoms with Gasteiger partial charge in [-0.2, -0.15) is 0 Å². The topological polar surface area (TPSA) is 57.9 Å². The van der Waals surface area contributed by atoms with Crippen LogP contribution in [0.1, 0.15) is 59.6 Å². The lowest BCUT2D eigenvalue weighted by molar-refractivity contribution is -0.137. The number of pyridine rings is 1. The molecule has 29 heavy (non-hydrogen) atoms. The van der Waals surface area contributed by atoms with E-state index < -0.39 is 0 Å². The van der Waals surface area contributed by atoms with Crippen molar-refractivity contribution in [1.82, 2.24) is 19.2 Å². The molecule has 0 N–H and O–H groups in total. The molecule has 2 atom stereocenters.